The lowest BCUT2D eigenvalue weighted by Crippen LogP contribution is -2.38. The molecule has 1 saturated heterocycles. The van der Waals surface area contributed by atoms with Crippen molar-refractivity contribution in [2.24, 2.45) is 0 Å². The molecule has 1 N–H and O–H groups in total. The van der Waals surface area contributed by atoms with E-state index in [1.807, 2.05) is 12.1 Å². The van der Waals surface area contributed by atoms with Crippen molar-refractivity contribution in [3.05, 3.63) is 24.0 Å². The van der Waals surface area contributed by atoms with Crippen molar-refractivity contribution in [3.63, 3.8) is 0 Å². The molecule has 1 aromatic rings. The lowest BCUT2D eigenvalue weighted by Gasteiger charge is -2.27. The first-order valence-corrected chi connectivity index (χ1v) is 6.68. The molecule has 0 spiro atoms. The molecule has 18 heavy (non-hydrogen) atoms. The number of nitrogens with one attached hydrogen (secondary N) is 1. The zero-order chi connectivity index (χ0) is 12.8. The van der Waals surface area contributed by atoms with E-state index < -0.39 is 0 Å². The first-order chi connectivity index (χ1) is 8.85. The molecule has 1 unspecified atom stereocenters. The van der Waals surface area contributed by atoms with Gasteiger partial charge in [0.25, 0.3) is 0 Å². The Hall–Kier alpha value is -1.60. The summed E-state index contributed by atoms with van der Waals surface area (Å²) in [4.78, 5) is 6.44. The van der Waals surface area contributed by atoms with Gasteiger partial charge >= 0.3 is 0 Å². The molecule has 2 heterocycles. The van der Waals surface area contributed by atoms with Crippen LogP contribution in [0.25, 0.3) is 0 Å². The molecule has 0 bridgehead atoms. The zero-order valence-corrected chi connectivity index (χ0v) is 10.9. The van der Waals surface area contributed by atoms with Gasteiger partial charge in [0.05, 0.1) is 5.69 Å². The van der Waals surface area contributed by atoms with Crippen molar-refractivity contribution >= 4 is 5.69 Å². The maximum absolute atomic E-state index is 9.14. The fraction of sp³-hybridized carbons (Fsp3) is 0.571. The molecule has 1 fully saturated rings. The molecule has 1 aromatic heterocycles. The van der Waals surface area contributed by atoms with Crippen LogP contribution in [0.5, 0.6) is 0 Å². The van der Waals surface area contributed by atoms with Crippen LogP contribution in [0, 0.1) is 11.3 Å². The second-order valence-corrected chi connectivity index (χ2v) is 4.72. The van der Waals surface area contributed by atoms with Gasteiger partial charge in [0, 0.05) is 25.3 Å². The zero-order valence-electron chi connectivity index (χ0n) is 10.9. The van der Waals surface area contributed by atoms with Crippen molar-refractivity contribution in [1.29, 1.82) is 5.26 Å². The van der Waals surface area contributed by atoms with Crippen molar-refractivity contribution in [3.8, 4) is 6.07 Å². The summed E-state index contributed by atoms with van der Waals surface area (Å²) >= 11 is 0. The van der Waals surface area contributed by atoms with Crippen LogP contribution in [-0.2, 0) is 0 Å². The number of hydrogen-bond donors (Lipinski definition) is 1. The molecule has 96 valence electrons. The summed E-state index contributed by atoms with van der Waals surface area (Å²) in [5, 5.41) is 12.6. The molecule has 0 aromatic carbocycles. The highest BCUT2D eigenvalue weighted by atomic mass is 15.2. The highest BCUT2D eigenvalue weighted by Crippen LogP contribution is 2.19. The number of anilines is 1. The lowest BCUT2D eigenvalue weighted by atomic mass is 10.2. The molecular formula is C14H20N4. The average molecular weight is 244 g/mol. The van der Waals surface area contributed by atoms with E-state index in [2.05, 4.69) is 28.2 Å². The molecule has 1 aliphatic rings. The monoisotopic (exact) mass is 244 g/mol. The number of nitriles is 1. The van der Waals surface area contributed by atoms with E-state index in [0.29, 0.717) is 11.7 Å². The van der Waals surface area contributed by atoms with Gasteiger partial charge in [-0.15, -0.1) is 0 Å². The van der Waals surface area contributed by atoms with Gasteiger partial charge in [-0.05, 0) is 37.9 Å². The fourth-order valence-electron chi connectivity index (χ4n) is 2.50. The minimum absolute atomic E-state index is 0.531. The van der Waals surface area contributed by atoms with E-state index in [1.54, 1.807) is 6.20 Å². The average Bonchev–Trinajstić information content (AvgIpc) is 2.91. The van der Waals surface area contributed by atoms with Crippen LogP contribution in [0.1, 0.15) is 31.9 Å². The predicted octanol–water partition coefficient (Wildman–Crippen LogP) is 1.92. The van der Waals surface area contributed by atoms with E-state index >= 15 is 0 Å². The fourth-order valence-corrected chi connectivity index (χ4v) is 2.50. The quantitative estimate of drug-likeness (QED) is 0.859. The summed E-state index contributed by atoms with van der Waals surface area (Å²) in [5.74, 6) is 0. The normalized spacial score (nSPS) is 18.6. The number of nitrogens with zero attached hydrogens (tertiary/aromatic N) is 3. The van der Waals surface area contributed by atoms with Crippen LogP contribution in [0.2, 0.25) is 0 Å². The van der Waals surface area contributed by atoms with E-state index in [9.17, 15) is 0 Å². The molecule has 0 radical (unpaired) electrons. The van der Waals surface area contributed by atoms with Gasteiger partial charge in [0.15, 0.2) is 5.69 Å². The number of rotatable bonds is 5. The Balaban J connectivity index is 2.15. The SMILES string of the molecule is CCCN(CC1CCCN1)c1cccnc1C#N. The molecule has 4 nitrogen and oxygen atoms in total. The van der Waals surface area contributed by atoms with E-state index in [1.165, 1.54) is 12.8 Å². The van der Waals surface area contributed by atoms with Crippen LogP contribution in [0.4, 0.5) is 5.69 Å². The van der Waals surface area contributed by atoms with Gasteiger partial charge in [-0.25, -0.2) is 4.98 Å². The molecular weight excluding hydrogens is 224 g/mol. The summed E-state index contributed by atoms with van der Waals surface area (Å²) < 4.78 is 0. The summed E-state index contributed by atoms with van der Waals surface area (Å²) in [6.45, 7) is 5.22. The van der Waals surface area contributed by atoms with Crippen LogP contribution in [-0.4, -0.2) is 30.7 Å². The van der Waals surface area contributed by atoms with E-state index in [4.69, 9.17) is 5.26 Å². The Morgan fingerprint density at radius 1 is 1.61 bits per heavy atom. The molecule has 2 rings (SSSR count). The molecule has 1 atom stereocenters. The van der Waals surface area contributed by atoms with Crippen molar-refractivity contribution in [1.82, 2.24) is 10.3 Å². The second-order valence-electron chi connectivity index (χ2n) is 4.72. The third-order valence-corrected chi connectivity index (χ3v) is 3.33. The van der Waals surface area contributed by atoms with Crippen LogP contribution >= 0.6 is 0 Å². The smallest absolute Gasteiger partial charge is 0.163 e. The molecule has 4 heteroatoms. The summed E-state index contributed by atoms with van der Waals surface area (Å²) in [6.07, 6.45) is 5.23. The maximum atomic E-state index is 9.14. The Bertz CT molecular complexity index is 418. The van der Waals surface area contributed by atoms with Gasteiger partial charge in [-0.3, -0.25) is 0 Å². The largest absolute Gasteiger partial charge is 0.368 e. The Morgan fingerprint density at radius 2 is 2.50 bits per heavy atom. The third-order valence-electron chi connectivity index (χ3n) is 3.33. The van der Waals surface area contributed by atoms with Gasteiger partial charge in [0.2, 0.25) is 0 Å². The van der Waals surface area contributed by atoms with Crippen molar-refractivity contribution in [2.45, 2.75) is 32.2 Å². The highest BCUT2D eigenvalue weighted by molar-refractivity contribution is 5.55. The third kappa shape index (κ3) is 2.99. The second kappa shape index (κ2) is 6.36. The highest BCUT2D eigenvalue weighted by Gasteiger charge is 2.19. The predicted molar refractivity (Wildman–Crippen MR) is 72.5 cm³/mol. The topological polar surface area (TPSA) is 52.0 Å². The lowest BCUT2D eigenvalue weighted by molar-refractivity contribution is 0.578. The Labute approximate surface area is 109 Å². The number of pyridine rings is 1. The van der Waals surface area contributed by atoms with Crippen LogP contribution in [0.3, 0.4) is 0 Å². The van der Waals surface area contributed by atoms with E-state index in [-0.39, 0.29) is 0 Å². The minimum Gasteiger partial charge on any atom is -0.368 e. The number of aromatic nitrogens is 1. The first-order valence-electron chi connectivity index (χ1n) is 6.68. The van der Waals surface area contributed by atoms with Gasteiger partial charge in [0.1, 0.15) is 6.07 Å². The standard InChI is InChI=1S/C14H20N4/c1-2-9-18(11-12-5-3-7-16-12)14-6-4-8-17-13(14)10-15/h4,6,8,12,16H,2-3,5,7,9,11H2,1H3. The summed E-state index contributed by atoms with van der Waals surface area (Å²) in [6, 6.07) is 6.63. The molecule has 0 amide bonds. The molecule has 1 aliphatic heterocycles. The van der Waals surface area contributed by atoms with Crippen LogP contribution < -0.4 is 10.2 Å². The first kappa shape index (κ1) is 12.8. The van der Waals surface area contributed by atoms with Gasteiger partial charge in [-0.2, -0.15) is 5.26 Å². The minimum atomic E-state index is 0.531. The molecule has 0 saturated carbocycles. The van der Waals surface area contributed by atoms with Crippen LogP contribution in [0.15, 0.2) is 18.3 Å². The summed E-state index contributed by atoms with van der Waals surface area (Å²) in [5.41, 5.74) is 1.50. The molecule has 0 aliphatic carbocycles. The van der Waals surface area contributed by atoms with E-state index in [0.717, 1.165) is 31.7 Å². The van der Waals surface area contributed by atoms with Crippen molar-refractivity contribution in [2.75, 3.05) is 24.5 Å². The maximum Gasteiger partial charge on any atom is 0.163 e. The van der Waals surface area contributed by atoms with Gasteiger partial charge in [-0.1, -0.05) is 6.92 Å². The van der Waals surface area contributed by atoms with Crippen molar-refractivity contribution < 1.29 is 0 Å². The summed E-state index contributed by atoms with van der Waals surface area (Å²) in [7, 11) is 0. The Morgan fingerprint density at radius 3 is 3.17 bits per heavy atom. The Kier molecular flexibility index (Phi) is 4.54. The van der Waals surface area contributed by atoms with Gasteiger partial charge < -0.3 is 10.2 Å². The number of hydrogen-bond acceptors (Lipinski definition) is 4.